The van der Waals surface area contributed by atoms with E-state index in [1.165, 1.54) is 16.7 Å². The van der Waals surface area contributed by atoms with Crippen molar-refractivity contribution in [2.24, 2.45) is 5.84 Å². The van der Waals surface area contributed by atoms with E-state index in [1.807, 2.05) is 7.05 Å². The van der Waals surface area contributed by atoms with Crippen LogP contribution in [0.4, 0.5) is 0 Å². The molecule has 0 fully saturated rings. The molecule has 0 aromatic heterocycles. The van der Waals surface area contributed by atoms with Gasteiger partial charge in [0, 0.05) is 6.54 Å². The number of hydrogen-bond donors (Lipinski definition) is 2. The molecule has 1 aromatic rings. The Balaban J connectivity index is 3.01. The number of nitrogens with one attached hydrogen (secondary N) is 1. The van der Waals surface area contributed by atoms with Gasteiger partial charge in [-0.3, -0.25) is 10.7 Å². The van der Waals surface area contributed by atoms with E-state index in [9.17, 15) is 0 Å². The van der Waals surface area contributed by atoms with Crippen molar-refractivity contribution in [3.8, 4) is 5.75 Å². The molecule has 0 saturated heterocycles. The smallest absolute Gasteiger partial charge is 0.122 e. The van der Waals surface area contributed by atoms with Crippen molar-refractivity contribution in [3.63, 3.8) is 0 Å². The van der Waals surface area contributed by atoms with Gasteiger partial charge in [0.05, 0.1) is 13.8 Å². The molecule has 102 valence electrons. The lowest BCUT2D eigenvalue weighted by molar-refractivity contribution is 0.300. The van der Waals surface area contributed by atoms with Crippen LogP contribution in [0.3, 0.4) is 0 Å². The van der Waals surface area contributed by atoms with Gasteiger partial charge < -0.3 is 4.74 Å². The summed E-state index contributed by atoms with van der Waals surface area (Å²) in [7, 11) is 3.77. The topological polar surface area (TPSA) is 50.5 Å². The first-order valence-corrected chi connectivity index (χ1v) is 6.29. The van der Waals surface area contributed by atoms with E-state index in [1.54, 1.807) is 7.11 Å². The fraction of sp³-hybridized carbons (Fsp3) is 0.571. The van der Waals surface area contributed by atoms with E-state index in [-0.39, 0.29) is 0 Å². The molecule has 4 nitrogen and oxygen atoms in total. The monoisotopic (exact) mass is 251 g/mol. The van der Waals surface area contributed by atoms with E-state index in [4.69, 9.17) is 10.6 Å². The van der Waals surface area contributed by atoms with Gasteiger partial charge in [-0.1, -0.05) is 19.9 Å². The minimum absolute atomic E-state index is 0.456. The normalized spacial score (nSPS) is 11.3. The molecule has 0 bridgehead atoms. The molecule has 0 amide bonds. The van der Waals surface area contributed by atoms with E-state index >= 15 is 0 Å². The van der Waals surface area contributed by atoms with Gasteiger partial charge in [-0.05, 0) is 42.6 Å². The second-order valence-corrected chi connectivity index (χ2v) is 5.05. The van der Waals surface area contributed by atoms with Gasteiger partial charge in [-0.15, -0.1) is 0 Å². The summed E-state index contributed by atoms with van der Waals surface area (Å²) in [6.45, 7) is 8.03. The zero-order valence-corrected chi connectivity index (χ0v) is 12.1. The lowest BCUT2D eigenvalue weighted by Gasteiger charge is -2.20. The first kappa shape index (κ1) is 15.0. The van der Waals surface area contributed by atoms with E-state index in [0.29, 0.717) is 12.6 Å². The first-order valence-electron chi connectivity index (χ1n) is 6.29. The SMILES string of the molecule is COc1cc(C)c(CN(C)CNN)cc1C(C)C. The predicted octanol–water partition coefficient (Wildman–Crippen LogP) is 1.98. The van der Waals surface area contributed by atoms with Crippen LogP contribution >= 0.6 is 0 Å². The highest BCUT2D eigenvalue weighted by atomic mass is 16.5. The number of methoxy groups -OCH3 is 1. The number of ether oxygens (including phenoxy) is 1. The third-order valence-corrected chi connectivity index (χ3v) is 3.11. The number of nitrogens with zero attached hydrogens (tertiary/aromatic N) is 1. The minimum Gasteiger partial charge on any atom is -0.496 e. The molecule has 1 aromatic carbocycles. The van der Waals surface area contributed by atoms with Crippen LogP contribution in [0.15, 0.2) is 12.1 Å². The Bertz CT molecular complexity index is 391. The van der Waals surface area contributed by atoms with Crippen molar-refractivity contribution in [1.82, 2.24) is 10.3 Å². The van der Waals surface area contributed by atoms with E-state index in [0.717, 1.165) is 12.3 Å². The molecule has 0 radical (unpaired) electrons. The maximum Gasteiger partial charge on any atom is 0.122 e. The van der Waals surface area contributed by atoms with Gasteiger partial charge in [0.2, 0.25) is 0 Å². The Morgan fingerprint density at radius 2 is 2.06 bits per heavy atom. The molecule has 0 atom stereocenters. The number of benzene rings is 1. The van der Waals surface area contributed by atoms with Crippen LogP contribution in [0.1, 0.15) is 36.5 Å². The Morgan fingerprint density at radius 3 is 2.56 bits per heavy atom. The standard InChI is InChI=1S/C14H25N3O/c1-10(2)13-7-12(8-17(4)9-16-15)11(3)6-14(13)18-5/h6-7,10,16H,8-9,15H2,1-5H3. The maximum atomic E-state index is 5.45. The zero-order chi connectivity index (χ0) is 13.7. The van der Waals surface area contributed by atoms with Crippen molar-refractivity contribution >= 4 is 0 Å². The largest absolute Gasteiger partial charge is 0.496 e. The Kier molecular flexibility index (Phi) is 5.59. The quantitative estimate of drug-likeness (QED) is 0.461. The summed E-state index contributed by atoms with van der Waals surface area (Å²) in [6.07, 6.45) is 0. The summed E-state index contributed by atoms with van der Waals surface area (Å²) in [5.74, 6) is 6.77. The van der Waals surface area contributed by atoms with E-state index in [2.05, 4.69) is 43.2 Å². The van der Waals surface area contributed by atoms with Crippen molar-refractivity contribution in [2.75, 3.05) is 20.8 Å². The Hall–Kier alpha value is -1.10. The Labute approximate surface area is 110 Å². The van der Waals surface area contributed by atoms with Gasteiger partial charge in [-0.2, -0.15) is 0 Å². The maximum absolute atomic E-state index is 5.45. The van der Waals surface area contributed by atoms with Crippen LogP contribution in [0, 0.1) is 6.92 Å². The highest BCUT2D eigenvalue weighted by Gasteiger charge is 2.12. The van der Waals surface area contributed by atoms with Crippen LogP contribution in [-0.4, -0.2) is 25.7 Å². The number of rotatable bonds is 6. The molecule has 0 spiro atoms. The summed E-state index contributed by atoms with van der Waals surface area (Å²) < 4.78 is 5.45. The Morgan fingerprint density at radius 1 is 1.39 bits per heavy atom. The van der Waals surface area contributed by atoms with Crippen molar-refractivity contribution < 1.29 is 4.74 Å². The van der Waals surface area contributed by atoms with Crippen LogP contribution in [0.5, 0.6) is 5.75 Å². The summed E-state index contributed by atoms with van der Waals surface area (Å²) in [5, 5.41) is 0. The first-order chi connectivity index (χ1) is 8.49. The van der Waals surface area contributed by atoms with Crippen LogP contribution in [-0.2, 0) is 6.54 Å². The van der Waals surface area contributed by atoms with Crippen molar-refractivity contribution in [2.45, 2.75) is 33.2 Å². The number of hydrazine groups is 1. The average molecular weight is 251 g/mol. The summed E-state index contributed by atoms with van der Waals surface area (Å²) in [5.41, 5.74) is 6.49. The predicted molar refractivity (Wildman–Crippen MR) is 75.5 cm³/mol. The second-order valence-electron chi connectivity index (χ2n) is 5.05. The van der Waals surface area contributed by atoms with Gasteiger partial charge in [-0.25, -0.2) is 5.43 Å². The van der Waals surface area contributed by atoms with Crippen LogP contribution < -0.4 is 16.0 Å². The molecule has 18 heavy (non-hydrogen) atoms. The molecule has 4 heteroatoms. The van der Waals surface area contributed by atoms with Crippen LogP contribution in [0.2, 0.25) is 0 Å². The third kappa shape index (κ3) is 3.70. The second kappa shape index (κ2) is 6.73. The highest BCUT2D eigenvalue weighted by molar-refractivity contribution is 5.43. The van der Waals surface area contributed by atoms with Gasteiger partial charge in [0.15, 0.2) is 0 Å². The fourth-order valence-electron chi connectivity index (χ4n) is 2.05. The average Bonchev–Trinajstić information content (AvgIpc) is 2.31. The number of aryl methyl sites for hydroxylation is 1. The summed E-state index contributed by atoms with van der Waals surface area (Å²) >= 11 is 0. The van der Waals surface area contributed by atoms with Gasteiger partial charge in [0.25, 0.3) is 0 Å². The summed E-state index contributed by atoms with van der Waals surface area (Å²) in [4.78, 5) is 2.14. The van der Waals surface area contributed by atoms with Crippen LogP contribution in [0.25, 0.3) is 0 Å². The molecular formula is C14H25N3O. The van der Waals surface area contributed by atoms with E-state index < -0.39 is 0 Å². The molecule has 0 unspecified atom stereocenters. The lowest BCUT2D eigenvalue weighted by atomic mass is 9.96. The molecule has 0 aliphatic heterocycles. The van der Waals surface area contributed by atoms with Gasteiger partial charge in [0.1, 0.15) is 5.75 Å². The molecule has 0 saturated carbocycles. The third-order valence-electron chi connectivity index (χ3n) is 3.11. The minimum atomic E-state index is 0.456. The molecule has 1 rings (SSSR count). The zero-order valence-electron chi connectivity index (χ0n) is 12.1. The molecular weight excluding hydrogens is 226 g/mol. The molecule has 3 N–H and O–H groups in total. The number of nitrogens with two attached hydrogens (primary N) is 1. The summed E-state index contributed by atoms with van der Waals surface area (Å²) in [6, 6.07) is 4.36. The van der Waals surface area contributed by atoms with Gasteiger partial charge >= 0.3 is 0 Å². The fourth-order valence-corrected chi connectivity index (χ4v) is 2.05. The lowest BCUT2D eigenvalue weighted by Crippen LogP contribution is -2.35. The molecule has 0 aliphatic carbocycles. The molecule has 0 heterocycles. The number of hydrogen-bond acceptors (Lipinski definition) is 4. The van der Waals surface area contributed by atoms with Crippen molar-refractivity contribution in [1.29, 1.82) is 0 Å². The molecule has 0 aliphatic rings. The van der Waals surface area contributed by atoms with Crippen molar-refractivity contribution in [3.05, 3.63) is 28.8 Å². The highest BCUT2D eigenvalue weighted by Crippen LogP contribution is 2.29.